The highest BCUT2D eigenvalue weighted by Crippen LogP contribution is 2.58. The Morgan fingerprint density at radius 2 is 1.48 bits per heavy atom. The molecule has 0 unspecified atom stereocenters. The fourth-order valence-corrected chi connectivity index (χ4v) is 5.26. The molecular weight excluding hydrogens is 396 g/mol. The molecule has 1 nitrogen and oxygen atoms in total. The van der Waals surface area contributed by atoms with Crippen LogP contribution in [0.25, 0.3) is 11.1 Å². The molecule has 0 bridgehead atoms. The van der Waals surface area contributed by atoms with Crippen LogP contribution in [0, 0.1) is 0 Å². The van der Waals surface area contributed by atoms with Crippen molar-refractivity contribution in [3.8, 4) is 0 Å². The number of fused-ring (bicyclic) bond motifs is 2. The summed E-state index contributed by atoms with van der Waals surface area (Å²) in [6.07, 6.45) is 2.50. The number of halogens is 1. The van der Waals surface area contributed by atoms with Gasteiger partial charge >= 0.3 is 0 Å². The van der Waals surface area contributed by atoms with Crippen LogP contribution in [0.3, 0.4) is 0 Å². The quantitative estimate of drug-likeness (QED) is 0.473. The molecule has 0 N–H and O–H groups in total. The zero-order chi connectivity index (χ0) is 18.4. The predicted octanol–water partition coefficient (Wildman–Crippen LogP) is 6.41. The van der Waals surface area contributed by atoms with Gasteiger partial charge in [-0.2, -0.15) is 0 Å². The van der Waals surface area contributed by atoms with Crippen molar-refractivity contribution in [3.63, 3.8) is 0 Å². The average Bonchev–Trinajstić information content (AvgIpc) is 3.22. The largest absolute Gasteiger partial charge is 0.298 e. The second-order valence-corrected chi connectivity index (χ2v) is 8.27. The lowest BCUT2D eigenvalue weighted by atomic mass is 9.72. The summed E-state index contributed by atoms with van der Waals surface area (Å²) in [6.45, 7) is 0. The number of hydrogen-bond acceptors (Lipinski definition) is 1. The molecule has 1 fully saturated rings. The van der Waals surface area contributed by atoms with Crippen molar-refractivity contribution < 1.29 is 4.79 Å². The highest BCUT2D eigenvalue weighted by atomic mass is 79.9. The Labute approximate surface area is 167 Å². The third-order valence-electron chi connectivity index (χ3n) is 5.94. The summed E-state index contributed by atoms with van der Waals surface area (Å²) >= 11 is 3.65. The smallest absolute Gasteiger partial charge is 0.147 e. The molecule has 0 radical (unpaired) electrons. The number of allylic oxidation sites excluding steroid dienone is 1. The van der Waals surface area contributed by atoms with Crippen molar-refractivity contribution in [3.05, 3.63) is 106 Å². The minimum Gasteiger partial charge on any atom is -0.298 e. The van der Waals surface area contributed by atoms with Gasteiger partial charge in [-0.05, 0) is 58.4 Å². The van der Waals surface area contributed by atoms with Crippen molar-refractivity contribution in [1.82, 2.24) is 0 Å². The molecule has 3 aromatic rings. The van der Waals surface area contributed by atoms with Gasteiger partial charge < -0.3 is 0 Å². The molecule has 27 heavy (non-hydrogen) atoms. The molecule has 0 heterocycles. The zero-order valence-corrected chi connectivity index (χ0v) is 16.5. The Balaban J connectivity index is 1.93. The molecule has 0 saturated heterocycles. The first-order valence-corrected chi connectivity index (χ1v) is 10.2. The number of ketones is 1. The number of carbonyl (C=O) groups is 1. The van der Waals surface area contributed by atoms with Gasteiger partial charge in [0, 0.05) is 10.9 Å². The molecule has 1 spiro atoms. The van der Waals surface area contributed by atoms with Gasteiger partial charge in [0.05, 0.1) is 5.41 Å². The topological polar surface area (TPSA) is 17.1 Å². The van der Waals surface area contributed by atoms with E-state index in [9.17, 15) is 4.79 Å². The molecule has 1 atom stereocenters. The van der Waals surface area contributed by atoms with E-state index in [1.807, 2.05) is 12.1 Å². The van der Waals surface area contributed by atoms with Gasteiger partial charge in [-0.1, -0.05) is 82.7 Å². The Bertz CT molecular complexity index is 1070. The van der Waals surface area contributed by atoms with Crippen LogP contribution in [0.15, 0.2) is 83.3 Å². The molecule has 2 aliphatic carbocycles. The minimum absolute atomic E-state index is 0.357. The lowest BCUT2D eigenvalue weighted by molar-refractivity contribution is -0.120. The van der Waals surface area contributed by atoms with E-state index >= 15 is 0 Å². The predicted molar refractivity (Wildman–Crippen MR) is 113 cm³/mol. The van der Waals surface area contributed by atoms with E-state index in [1.54, 1.807) is 0 Å². The molecule has 3 aromatic carbocycles. The summed E-state index contributed by atoms with van der Waals surface area (Å²) < 4.78 is 1.05. The van der Waals surface area contributed by atoms with Crippen molar-refractivity contribution in [2.24, 2.45) is 0 Å². The van der Waals surface area contributed by atoms with E-state index in [4.69, 9.17) is 0 Å². The highest BCUT2D eigenvalue weighted by Gasteiger charge is 2.52. The summed E-state index contributed by atoms with van der Waals surface area (Å²) in [5, 5.41) is 0. The zero-order valence-electron chi connectivity index (χ0n) is 14.9. The van der Waals surface area contributed by atoms with Crippen molar-refractivity contribution in [1.29, 1.82) is 0 Å². The SMILES string of the molecule is O=C1CCC[C@@]12C(c1ccccc1)=C(c1ccccc1)c1cc(Br)ccc12. The number of hydrogen-bond donors (Lipinski definition) is 0. The first-order chi connectivity index (χ1) is 13.2. The van der Waals surface area contributed by atoms with Gasteiger partial charge in [-0.15, -0.1) is 0 Å². The summed E-state index contributed by atoms with van der Waals surface area (Å²) in [7, 11) is 0. The van der Waals surface area contributed by atoms with Crippen LogP contribution in [0.4, 0.5) is 0 Å². The fourth-order valence-electron chi connectivity index (χ4n) is 4.89. The summed E-state index contributed by atoms with van der Waals surface area (Å²) in [4.78, 5) is 13.4. The Morgan fingerprint density at radius 1 is 0.815 bits per heavy atom. The lowest BCUT2D eigenvalue weighted by Gasteiger charge is -2.28. The van der Waals surface area contributed by atoms with Crippen LogP contribution >= 0.6 is 15.9 Å². The second kappa shape index (κ2) is 6.31. The van der Waals surface area contributed by atoms with Crippen LogP contribution in [-0.2, 0) is 10.2 Å². The van der Waals surface area contributed by atoms with Gasteiger partial charge in [0.25, 0.3) is 0 Å². The molecule has 5 rings (SSSR count). The third-order valence-corrected chi connectivity index (χ3v) is 6.44. The number of carbonyl (C=O) groups excluding carboxylic acids is 1. The molecule has 0 amide bonds. The monoisotopic (exact) mass is 414 g/mol. The van der Waals surface area contributed by atoms with E-state index in [0.29, 0.717) is 12.2 Å². The first-order valence-electron chi connectivity index (χ1n) is 9.41. The van der Waals surface area contributed by atoms with Crippen LogP contribution in [-0.4, -0.2) is 5.78 Å². The van der Waals surface area contributed by atoms with Crippen molar-refractivity contribution in [2.45, 2.75) is 24.7 Å². The maximum Gasteiger partial charge on any atom is 0.147 e. The van der Waals surface area contributed by atoms with Crippen LogP contribution < -0.4 is 0 Å². The van der Waals surface area contributed by atoms with Gasteiger partial charge in [0.1, 0.15) is 5.78 Å². The molecular formula is C25H19BrO. The fraction of sp³-hybridized carbons (Fsp3) is 0.160. The molecule has 0 aliphatic heterocycles. The maximum absolute atomic E-state index is 13.4. The normalized spacial score (nSPS) is 21.1. The standard InChI is InChI=1S/C25H19BrO/c26-19-13-14-21-20(16-19)23(17-8-3-1-4-9-17)24(18-10-5-2-6-11-18)25(21)15-7-12-22(25)27/h1-6,8-11,13-14,16H,7,12,15H2/t25-/m0/s1. The average molecular weight is 415 g/mol. The van der Waals surface area contributed by atoms with Crippen LogP contribution in [0.2, 0.25) is 0 Å². The second-order valence-electron chi connectivity index (χ2n) is 7.35. The third kappa shape index (κ3) is 2.40. The Kier molecular flexibility index (Phi) is 3.91. The van der Waals surface area contributed by atoms with Gasteiger partial charge in [0.15, 0.2) is 0 Å². The molecule has 2 heteroatoms. The summed E-state index contributed by atoms with van der Waals surface area (Å²) in [6, 6.07) is 27.4. The molecule has 132 valence electrons. The molecule has 2 aliphatic rings. The van der Waals surface area contributed by atoms with Gasteiger partial charge in [-0.3, -0.25) is 4.79 Å². The number of rotatable bonds is 2. The summed E-state index contributed by atoms with van der Waals surface area (Å²) in [5.41, 5.74) is 6.56. The molecule has 1 saturated carbocycles. The summed E-state index contributed by atoms with van der Waals surface area (Å²) in [5.74, 6) is 0.357. The van der Waals surface area contributed by atoms with E-state index in [1.165, 1.54) is 27.8 Å². The van der Waals surface area contributed by atoms with E-state index < -0.39 is 5.41 Å². The van der Waals surface area contributed by atoms with Crippen molar-refractivity contribution in [2.75, 3.05) is 0 Å². The van der Waals surface area contributed by atoms with Crippen LogP contribution in [0.1, 0.15) is 41.5 Å². The number of Topliss-reactive ketones (excluding diaryl/α,β-unsaturated/α-hetero) is 1. The van der Waals surface area contributed by atoms with Crippen molar-refractivity contribution >= 4 is 32.9 Å². The van der Waals surface area contributed by atoms with Gasteiger partial charge in [0.2, 0.25) is 0 Å². The van der Waals surface area contributed by atoms with E-state index in [0.717, 1.165) is 22.9 Å². The molecule has 0 aromatic heterocycles. The number of benzene rings is 3. The minimum atomic E-state index is -0.511. The Morgan fingerprint density at radius 3 is 2.11 bits per heavy atom. The van der Waals surface area contributed by atoms with Crippen LogP contribution in [0.5, 0.6) is 0 Å². The maximum atomic E-state index is 13.4. The Hall–Kier alpha value is -2.45. The van der Waals surface area contributed by atoms with Gasteiger partial charge in [-0.25, -0.2) is 0 Å². The van der Waals surface area contributed by atoms with E-state index in [2.05, 4.69) is 82.7 Å². The lowest BCUT2D eigenvalue weighted by Crippen LogP contribution is -2.30. The van der Waals surface area contributed by atoms with E-state index in [-0.39, 0.29) is 0 Å². The highest BCUT2D eigenvalue weighted by molar-refractivity contribution is 9.10. The first kappa shape index (κ1) is 16.7.